The maximum absolute atomic E-state index is 13.4. The molecule has 0 heterocycles. The van der Waals surface area contributed by atoms with Crippen LogP contribution in [0, 0.1) is 29.1 Å². The van der Waals surface area contributed by atoms with Crippen LogP contribution in [-0.2, 0) is 4.74 Å². The summed E-state index contributed by atoms with van der Waals surface area (Å²) in [6.07, 6.45) is -0.716. The molecule has 0 bridgehead atoms. The third-order valence-electron chi connectivity index (χ3n) is 3.26. The molecule has 0 N–H and O–H groups in total. The van der Waals surface area contributed by atoms with Crippen molar-refractivity contribution in [3.05, 3.63) is 65.0 Å². The van der Waals surface area contributed by atoms with Crippen molar-refractivity contribution in [3.63, 3.8) is 0 Å². The molecular weight excluding hydrogens is 347 g/mol. The second-order valence-electron chi connectivity index (χ2n) is 5.12. The average Bonchev–Trinajstić information content (AvgIpc) is 2.62. The maximum atomic E-state index is 13.4. The molecule has 0 aliphatic rings. The number of carbonyl (C=O) groups is 1. The van der Waals surface area contributed by atoms with Gasteiger partial charge in [0.15, 0.2) is 5.75 Å². The van der Waals surface area contributed by atoms with Crippen LogP contribution in [0.15, 0.2) is 30.3 Å². The van der Waals surface area contributed by atoms with Gasteiger partial charge in [-0.2, -0.15) is 8.78 Å². The molecule has 1 unspecified atom stereocenters. The summed E-state index contributed by atoms with van der Waals surface area (Å²) >= 11 is 0. The van der Waals surface area contributed by atoms with Crippen LogP contribution in [0.25, 0.3) is 0 Å². The Morgan fingerprint density at radius 3 is 2.00 bits per heavy atom. The molecule has 0 saturated carbocycles. The van der Waals surface area contributed by atoms with E-state index in [1.807, 2.05) is 0 Å². The summed E-state index contributed by atoms with van der Waals surface area (Å²) < 4.78 is 75.6. The first-order valence-electron chi connectivity index (χ1n) is 7.23. The monoisotopic (exact) mass is 360 g/mol. The van der Waals surface area contributed by atoms with Gasteiger partial charge in [0.25, 0.3) is 0 Å². The quantitative estimate of drug-likeness (QED) is 0.332. The van der Waals surface area contributed by atoms with Gasteiger partial charge in [-0.3, -0.25) is 0 Å². The number of esters is 1. The fourth-order valence-electron chi connectivity index (χ4n) is 1.92. The Morgan fingerprint density at radius 2 is 1.44 bits per heavy atom. The zero-order valence-electron chi connectivity index (χ0n) is 13.0. The summed E-state index contributed by atoms with van der Waals surface area (Å²) in [7, 11) is 0. The highest BCUT2D eigenvalue weighted by atomic mass is 19.2. The zero-order valence-corrected chi connectivity index (χ0v) is 13.0. The van der Waals surface area contributed by atoms with Gasteiger partial charge in [-0.15, -0.1) is 0 Å². The molecule has 3 nitrogen and oxygen atoms in total. The van der Waals surface area contributed by atoms with Gasteiger partial charge in [0, 0.05) is 6.42 Å². The second-order valence-corrected chi connectivity index (χ2v) is 5.12. The van der Waals surface area contributed by atoms with E-state index in [2.05, 4.69) is 4.74 Å². The molecule has 0 spiro atoms. The van der Waals surface area contributed by atoms with Crippen LogP contribution in [0.5, 0.6) is 5.75 Å². The smallest absolute Gasteiger partial charge is 0.338 e. The molecule has 0 aliphatic carbocycles. The van der Waals surface area contributed by atoms with Gasteiger partial charge in [-0.05, 0) is 19.1 Å². The lowest BCUT2D eigenvalue weighted by Gasteiger charge is -2.15. The lowest BCUT2D eigenvalue weighted by molar-refractivity contribution is 0.0294. The topological polar surface area (TPSA) is 35.5 Å². The van der Waals surface area contributed by atoms with Crippen LogP contribution in [0.3, 0.4) is 0 Å². The lowest BCUT2D eigenvalue weighted by Crippen LogP contribution is -2.18. The Labute approximate surface area is 140 Å². The van der Waals surface area contributed by atoms with Crippen LogP contribution in [0.2, 0.25) is 0 Å². The Bertz CT molecular complexity index is 736. The van der Waals surface area contributed by atoms with Crippen LogP contribution >= 0.6 is 0 Å². The summed E-state index contributed by atoms with van der Waals surface area (Å²) in [6.45, 7) is 1.09. The summed E-state index contributed by atoms with van der Waals surface area (Å²) in [5, 5.41) is 0. The minimum Gasteiger partial charge on any atom is -0.487 e. The number of benzene rings is 2. The molecule has 8 heteroatoms. The first-order chi connectivity index (χ1) is 11.8. The number of rotatable bonds is 6. The third kappa shape index (κ3) is 4.26. The zero-order chi connectivity index (χ0) is 18.6. The fraction of sp³-hybridized carbons (Fsp3) is 0.235. The number of halogens is 5. The molecular formula is C17H13F5O3. The highest BCUT2D eigenvalue weighted by Crippen LogP contribution is 2.29. The molecule has 2 aromatic carbocycles. The van der Waals surface area contributed by atoms with Gasteiger partial charge in [0.2, 0.25) is 29.1 Å². The number of ether oxygens (including phenoxy) is 2. The first-order valence-corrected chi connectivity index (χ1v) is 7.23. The van der Waals surface area contributed by atoms with Gasteiger partial charge in [-0.25, -0.2) is 18.0 Å². The largest absolute Gasteiger partial charge is 0.487 e. The molecule has 2 rings (SSSR count). The van der Waals surface area contributed by atoms with E-state index in [-0.39, 0.29) is 6.42 Å². The number of hydrogen-bond donors (Lipinski definition) is 0. The second kappa shape index (κ2) is 7.96. The molecule has 25 heavy (non-hydrogen) atoms. The van der Waals surface area contributed by atoms with E-state index in [4.69, 9.17) is 4.74 Å². The van der Waals surface area contributed by atoms with E-state index in [0.717, 1.165) is 0 Å². The predicted molar refractivity (Wildman–Crippen MR) is 77.7 cm³/mol. The summed E-state index contributed by atoms with van der Waals surface area (Å²) in [5.41, 5.74) is 0.315. The molecule has 0 saturated heterocycles. The van der Waals surface area contributed by atoms with E-state index < -0.39 is 53.5 Å². The van der Waals surface area contributed by atoms with E-state index in [0.29, 0.717) is 5.56 Å². The number of carbonyl (C=O) groups excluding carboxylic acids is 1. The molecule has 0 radical (unpaired) electrons. The van der Waals surface area contributed by atoms with Crippen molar-refractivity contribution in [2.24, 2.45) is 0 Å². The average molecular weight is 360 g/mol. The van der Waals surface area contributed by atoms with E-state index in [1.165, 1.54) is 6.92 Å². The van der Waals surface area contributed by atoms with E-state index >= 15 is 0 Å². The molecule has 1 atom stereocenters. The van der Waals surface area contributed by atoms with Crippen molar-refractivity contribution in [2.45, 2.75) is 19.4 Å². The van der Waals surface area contributed by atoms with Crippen molar-refractivity contribution in [2.75, 3.05) is 6.61 Å². The van der Waals surface area contributed by atoms with Gasteiger partial charge in [0.1, 0.15) is 6.10 Å². The van der Waals surface area contributed by atoms with Gasteiger partial charge in [0.05, 0.1) is 12.2 Å². The van der Waals surface area contributed by atoms with Crippen LogP contribution in [0.1, 0.15) is 23.7 Å². The van der Waals surface area contributed by atoms with E-state index in [1.54, 1.807) is 30.3 Å². The normalized spacial score (nSPS) is 11.9. The minimum atomic E-state index is -2.26. The first kappa shape index (κ1) is 18.7. The van der Waals surface area contributed by atoms with Crippen molar-refractivity contribution < 1.29 is 36.2 Å². The van der Waals surface area contributed by atoms with Crippen molar-refractivity contribution >= 4 is 5.97 Å². The van der Waals surface area contributed by atoms with Crippen LogP contribution in [-0.4, -0.2) is 18.7 Å². The highest BCUT2D eigenvalue weighted by molar-refractivity contribution is 5.89. The van der Waals surface area contributed by atoms with Crippen molar-refractivity contribution in [1.82, 2.24) is 0 Å². The van der Waals surface area contributed by atoms with Crippen molar-refractivity contribution in [1.29, 1.82) is 0 Å². The standard InChI is InChI=1S/C17H13F5O3/c1-9(25-17(23)10-5-3-2-4-6-10)7-8-24-16-14(21)12(19)11(18)13(20)15(16)22/h2-6,9H,7-8H2,1H3. The van der Waals surface area contributed by atoms with Gasteiger partial charge in [-0.1, -0.05) is 18.2 Å². The Balaban J connectivity index is 1.94. The molecule has 2 aromatic rings. The summed E-state index contributed by atoms with van der Waals surface area (Å²) in [4.78, 5) is 11.8. The minimum absolute atomic E-state index is 0.0158. The van der Waals surface area contributed by atoms with Gasteiger partial charge < -0.3 is 9.47 Å². The van der Waals surface area contributed by atoms with Crippen LogP contribution in [0.4, 0.5) is 22.0 Å². The Kier molecular flexibility index (Phi) is 5.95. The molecule has 0 aromatic heterocycles. The summed E-state index contributed by atoms with van der Waals surface area (Å²) in [6, 6.07) is 8.10. The summed E-state index contributed by atoms with van der Waals surface area (Å²) in [5.74, 6) is -12.5. The SMILES string of the molecule is CC(CCOc1c(F)c(F)c(F)c(F)c1F)OC(=O)c1ccccc1. The molecule has 0 aliphatic heterocycles. The molecule has 0 fully saturated rings. The van der Waals surface area contributed by atoms with Gasteiger partial charge >= 0.3 is 5.97 Å². The lowest BCUT2D eigenvalue weighted by atomic mass is 10.2. The predicted octanol–water partition coefficient (Wildman–Crippen LogP) is 4.40. The Hall–Kier alpha value is -2.64. The molecule has 134 valence electrons. The number of hydrogen-bond acceptors (Lipinski definition) is 3. The van der Waals surface area contributed by atoms with Crippen molar-refractivity contribution in [3.8, 4) is 5.75 Å². The Morgan fingerprint density at radius 1 is 0.920 bits per heavy atom. The third-order valence-corrected chi connectivity index (χ3v) is 3.26. The van der Waals surface area contributed by atoms with E-state index in [9.17, 15) is 26.7 Å². The molecule has 0 amide bonds. The maximum Gasteiger partial charge on any atom is 0.338 e. The van der Waals surface area contributed by atoms with Crippen LogP contribution < -0.4 is 4.74 Å². The highest BCUT2D eigenvalue weighted by Gasteiger charge is 2.27. The fourth-order valence-corrected chi connectivity index (χ4v) is 1.92.